The molecule has 3 aliphatic heterocycles. The smallest absolute Gasteiger partial charge is 0.246 e. The Hall–Kier alpha value is -7.66. The number of H-pyrrole nitrogens is 1. The average molecular weight is 1180 g/mol. The first-order valence-electron chi connectivity index (χ1n) is 27.6. The van der Waals surface area contributed by atoms with Gasteiger partial charge in [0.05, 0.1) is 49.4 Å². The number of hydrogen-bond acceptors (Lipinski definition) is 16. The lowest BCUT2D eigenvalue weighted by atomic mass is 9.93. The molecule has 12 atom stereocenters. The molecule has 15 N–H and O–H groups in total. The fourth-order valence-corrected chi connectivity index (χ4v) is 11.0. The fraction of sp³-hybridized carbons (Fsp3) is 0.545. The van der Waals surface area contributed by atoms with E-state index in [0.29, 0.717) is 39.2 Å². The van der Waals surface area contributed by atoms with Gasteiger partial charge in [-0.2, -0.15) is 0 Å². The summed E-state index contributed by atoms with van der Waals surface area (Å²) in [5.41, 5.74) is 1.90. The second-order valence-electron chi connectivity index (χ2n) is 21.5. The van der Waals surface area contributed by atoms with Crippen LogP contribution in [0.4, 0.5) is 5.69 Å². The lowest BCUT2D eigenvalue weighted by molar-refractivity contribution is -0.144. The summed E-state index contributed by atoms with van der Waals surface area (Å²) in [6.45, 7) is 7.23. The van der Waals surface area contributed by atoms with Crippen LogP contribution >= 0.6 is 11.8 Å². The van der Waals surface area contributed by atoms with Crippen molar-refractivity contribution in [1.82, 2.24) is 63.1 Å². The maximum atomic E-state index is 14.9. The first kappa shape index (κ1) is 64.5. The number of aliphatic hydroxyl groups is 3. The lowest BCUT2D eigenvalue weighted by Crippen LogP contribution is -2.62. The van der Waals surface area contributed by atoms with E-state index in [4.69, 9.17) is 0 Å². The Labute approximate surface area is 483 Å². The number of benzene rings is 2. The number of aliphatic hydroxyl groups excluding tert-OH is 3. The third-order valence-electron chi connectivity index (χ3n) is 15.0. The minimum absolute atomic E-state index is 0.0333. The van der Waals surface area contributed by atoms with Gasteiger partial charge in [0.25, 0.3) is 0 Å². The zero-order valence-electron chi connectivity index (χ0n) is 47.4. The molecule has 0 saturated carbocycles. The van der Waals surface area contributed by atoms with Crippen molar-refractivity contribution in [2.24, 2.45) is 17.8 Å². The maximum absolute atomic E-state index is 14.9. The van der Waals surface area contributed by atoms with E-state index in [1.54, 1.807) is 76.3 Å². The van der Waals surface area contributed by atoms with Gasteiger partial charge in [-0.1, -0.05) is 71.4 Å². The highest BCUT2D eigenvalue weighted by atomic mass is 32.2. The van der Waals surface area contributed by atoms with Crippen LogP contribution in [0.5, 0.6) is 0 Å². The van der Waals surface area contributed by atoms with Crippen LogP contribution in [0.25, 0.3) is 10.9 Å². The number of anilines is 1. The summed E-state index contributed by atoms with van der Waals surface area (Å²) in [6.07, 6.45) is -4.04. The SMILES string of the molecule is CC[C@H](C)[C@@H]1NC(=O)CNC(=O)[C@@H]2Cc3c([nH]c4ccccc34)SC[C@H](NC(=O)CNC1=O)C(=O)N[C@@H](CC(=O)NCc1ccc(NC(=O)[C@H](C)NC(=O)[C@@H](NC)C(C)C)cc1)C(=O)N1C[C@H](O)C[C@H]1C(=O)N[C@@H]([C@@H](C)[C@@H](O)CO)C(=O)N2. The Morgan fingerprint density at radius 2 is 1.45 bits per heavy atom. The molecule has 0 spiro atoms. The fourth-order valence-electron chi connectivity index (χ4n) is 9.87. The molecule has 0 aliphatic carbocycles. The Balaban J connectivity index is 1.36. The van der Waals surface area contributed by atoms with Gasteiger partial charge >= 0.3 is 0 Å². The molecule has 83 heavy (non-hydrogen) atoms. The van der Waals surface area contributed by atoms with Crippen molar-refractivity contribution in [3.63, 3.8) is 0 Å². The first-order valence-corrected chi connectivity index (χ1v) is 28.6. The number of thioether (sulfide) groups is 1. The normalized spacial score (nSPS) is 24.4. The van der Waals surface area contributed by atoms with Gasteiger partial charge in [-0.3, -0.25) is 52.7 Å². The Morgan fingerprint density at radius 1 is 0.771 bits per heavy atom. The number of fused-ring (bicyclic) bond motifs is 5. The molecule has 11 amide bonds. The van der Waals surface area contributed by atoms with Crippen molar-refractivity contribution in [1.29, 1.82) is 0 Å². The van der Waals surface area contributed by atoms with Crippen LogP contribution in [-0.4, -0.2) is 190 Å². The van der Waals surface area contributed by atoms with Gasteiger partial charge in [0.15, 0.2) is 0 Å². The summed E-state index contributed by atoms with van der Waals surface area (Å²) in [7, 11) is 1.65. The second-order valence-corrected chi connectivity index (χ2v) is 22.5. The molecule has 3 aliphatic rings. The third kappa shape index (κ3) is 17.0. The predicted molar refractivity (Wildman–Crippen MR) is 303 cm³/mol. The van der Waals surface area contributed by atoms with Crippen LogP contribution in [0.3, 0.4) is 0 Å². The van der Waals surface area contributed by atoms with Crippen LogP contribution in [0.1, 0.15) is 71.9 Å². The summed E-state index contributed by atoms with van der Waals surface area (Å²) >= 11 is 1.01. The molecule has 2 bridgehead atoms. The van der Waals surface area contributed by atoms with Gasteiger partial charge in [-0.05, 0) is 55.1 Å². The Kier molecular flexibility index (Phi) is 23.0. The standard InChI is InChI=1S/C55H77N13O14S/c1-8-27(4)45-51(79)59-21-42(73)62-38-25-83-54-34(33-11-9-10-12-35(33)65-54)18-36(48(76)58-22-43(74)66-45)63-53(81)46(28(5)40(71)24-69)67-50(78)39-17-32(70)23-68(39)55(82)37(64-49(38)77)19-41(72)57-20-30-13-15-31(16-14-30)61-47(75)29(6)60-52(80)44(56-7)26(2)3/h9-16,26-29,32,36-40,44-46,56,65,69-71H,8,17-25H2,1-7H3,(H,57,72)(H,58,76)(H,59,79)(H,60,80)(H,61,75)(H,62,73)(H,63,81)(H,64,77)(H,66,74)(H,67,78)/t27-,28-,29-,32+,36-,37-,38-,39-,40-,44-,45-,46-/m0/s1. The molecule has 1 saturated heterocycles. The monoisotopic (exact) mass is 1180 g/mol. The van der Waals surface area contributed by atoms with Crippen LogP contribution in [-0.2, 0) is 65.7 Å². The van der Waals surface area contributed by atoms with Gasteiger partial charge in [-0.25, -0.2) is 0 Å². The van der Waals surface area contributed by atoms with Crippen LogP contribution in [0.2, 0.25) is 0 Å². The van der Waals surface area contributed by atoms with Crippen LogP contribution in [0, 0.1) is 17.8 Å². The average Bonchev–Trinajstić information content (AvgIpc) is 3.91. The topological polar surface area (TPSA) is 400 Å². The van der Waals surface area contributed by atoms with Crippen LogP contribution < -0.4 is 58.5 Å². The third-order valence-corrected chi connectivity index (χ3v) is 16.1. The minimum atomic E-state index is -1.79. The van der Waals surface area contributed by atoms with Crippen molar-refractivity contribution >= 4 is 93.3 Å². The van der Waals surface area contributed by atoms with E-state index in [-0.39, 0.29) is 30.5 Å². The van der Waals surface area contributed by atoms with E-state index in [2.05, 4.69) is 63.5 Å². The van der Waals surface area contributed by atoms with Crippen molar-refractivity contribution in [3.05, 3.63) is 59.7 Å². The summed E-state index contributed by atoms with van der Waals surface area (Å²) in [5.74, 6) is -11.1. The zero-order valence-corrected chi connectivity index (χ0v) is 48.2. The number of aromatic nitrogens is 1. The molecule has 452 valence electrons. The first-order chi connectivity index (χ1) is 39.4. The number of carbonyl (C=O) groups is 11. The largest absolute Gasteiger partial charge is 0.394 e. The molecule has 4 heterocycles. The molecule has 6 rings (SSSR count). The van der Waals surface area contributed by atoms with E-state index in [9.17, 15) is 68.1 Å². The summed E-state index contributed by atoms with van der Waals surface area (Å²) in [5, 5.41) is 62.1. The van der Waals surface area contributed by atoms with E-state index >= 15 is 0 Å². The van der Waals surface area contributed by atoms with E-state index in [1.807, 2.05) is 13.8 Å². The number of likely N-dealkylation sites (N-methyl/N-ethyl adjacent to an activating group) is 1. The second kappa shape index (κ2) is 29.5. The molecular formula is C55H77N13O14S. The van der Waals surface area contributed by atoms with E-state index < -0.39 is 171 Å². The molecular weight excluding hydrogens is 1100 g/mol. The highest BCUT2D eigenvalue weighted by Crippen LogP contribution is 2.32. The lowest BCUT2D eigenvalue weighted by Gasteiger charge is -2.33. The maximum Gasteiger partial charge on any atom is 0.246 e. The van der Waals surface area contributed by atoms with Crippen LogP contribution in [0.15, 0.2) is 53.6 Å². The summed E-state index contributed by atoms with van der Waals surface area (Å²) < 4.78 is 0. The number of amides is 11. The van der Waals surface area contributed by atoms with Crippen molar-refractivity contribution in [2.75, 3.05) is 44.4 Å². The van der Waals surface area contributed by atoms with Crippen molar-refractivity contribution < 1.29 is 68.1 Å². The number of aromatic amines is 1. The number of hydrogen-bond donors (Lipinski definition) is 15. The molecule has 1 fully saturated rings. The Morgan fingerprint density at radius 3 is 2.11 bits per heavy atom. The molecule has 2 aromatic carbocycles. The number of carbonyl (C=O) groups excluding carboxylic acids is 11. The predicted octanol–water partition coefficient (Wildman–Crippen LogP) is -3.12. The van der Waals surface area contributed by atoms with Gasteiger partial charge in [-0.15, -0.1) is 11.8 Å². The number of para-hydroxylation sites is 1. The highest BCUT2D eigenvalue weighted by molar-refractivity contribution is 7.99. The molecule has 3 aromatic rings. The summed E-state index contributed by atoms with van der Waals surface area (Å²) in [4.78, 5) is 158. The van der Waals surface area contributed by atoms with Gasteiger partial charge in [0, 0.05) is 54.2 Å². The minimum Gasteiger partial charge on any atom is -0.394 e. The number of nitrogens with one attached hydrogen (secondary N) is 12. The molecule has 0 unspecified atom stereocenters. The van der Waals surface area contributed by atoms with Gasteiger partial charge in [0.2, 0.25) is 65.0 Å². The van der Waals surface area contributed by atoms with Gasteiger partial charge in [0.1, 0.15) is 42.3 Å². The summed E-state index contributed by atoms with van der Waals surface area (Å²) in [6, 6.07) is 2.49. The zero-order chi connectivity index (χ0) is 60.8. The number of nitrogens with zero attached hydrogens (tertiary/aromatic N) is 1. The highest BCUT2D eigenvalue weighted by Gasteiger charge is 2.45. The molecule has 28 heteroatoms. The molecule has 1 aromatic heterocycles. The van der Waals surface area contributed by atoms with E-state index in [1.165, 1.54) is 6.92 Å². The quantitative estimate of drug-likeness (QED) is 0.0716. The van der Waals surface area contributed by atoms with E-state index in [0.717, 1.165) is 16.7 Å². The Bertz CT molecular complexity index is 2890. The number of rotatable bonds is 15. The van der Waals surface area contributed by atoms with Crippen molar-refractivity contribution in [2.45, 2.75) is 139 Å². The van der Waals surface area contributed by atoms with Gasteiger partial charge < -0.3 is 83.7 Å². The van der Waals surface area contributed by atoms with Crippen molar-refractivity contribution in [3.8, 4) is 0 Å². The molecule has 27 nitrogen and oxygen atoms in total. The molecule has 0 radical (unpaired) electrons.